The van der Waals surface area contributed by atoms with Crippen LogP contribution in [0.25, 0.3) is 0 Å². The Bertz CT molecular complexity index is 594. The Morgan fingerprint density at radius 1 is 1.23 bits per heavy atom. The van der Waals surface area contributed by atoms with Gasteiger partial charge >= 0.3 is 0 Å². The molecule has 1 N–H and O–H groups in total. The van der Waals surface area contributed by atoms with Crippen LogP contribution in [0.3, 0.4) is 0 Å². The lowest BCUT2D eigenvalue weighted by Gasteiger charge is -2.16. The minimum absolute atomic E-state index is 0.000757. The van der Waals surface area contributed by atoms with Gasteiger partial charge < -0.3 is 5.32 Å². The van der Waals surface area contributed by atoms with Crippen LogP contribution in [0, 0.1) is 5.92 Å². The molecule has 0 saturated carbocycles. The maximum atomic E-state index is 13.3. The lowest BCUT2D eigenvalue weighted by atomic mass is 9.97. The SMILES string of the molecule is CCC(CNc1nc(Cl)nc(C(C)F)n1)Cc1ccncc1. The predicted octanol–water partition coefficient (Wildman–Crippen LogP) is 3.63. The Labute approximate surface area is 134 Å². The molecule has 2 aromatic heterocycles. The van der Waals surface area contributed by atoms with Gasteiger partial charge in [0.1, 0.15) is 0 Å². The first kappa shape index (κ1) is 16.5. The molecule has 2 unspecified atom stereocenters. The van der Waals surface area contributed by atoms with Crippen molar-refractivity contribution in [3.8, 4) is 0 Å². The third kappa shape index (κ3) is 4.87. The van der Waals surface area contributed by atoms with Crippen LogP contribution >= 0.6 is 11.6 Å². The summed E-state index contributed by atoms with van der Waals surface area (Å²) in [4.78, 5) is 15.8. The van der Waals surface area contributed by atoms with Crippen molar-refractivity contribution in [2.24, 2.45) is 5.92 Å². The Hall–Kier alpha value is -1.82. The van der Waals surface area contributed by atoms with E-state index in [4.69, 9.17) is 11.6 Å². The van der Waals surface area contributed by atoms with E-state index >= 15 is 0 Å². The van der Waals surface area contributed by atoms with Crippen molar-refractivity contribution in [2.75, 3.05) is 11.9 Å². The van der Waals surface area contributed by atoms with Gasteiger partial charge in [-0.05, 0) is 48.6 Å². The van der Waals surface area contributed by atoms with Gasteiger partial charge in [0.05, 0.1) is 0 Å². The average Bonchev–Trinajstić information content (AvgIpc) is 2.51. The highest BCUT2D eigenvalue weighted by molar-refractivity contribution is 6.28. The summed E-state index contributed by atoms with van der Waals surface area (Å²) in [6, 6.07) is 4.01. The van der Waals surface area contributed by atoms with E-state index in [2.05, 4.69) is 32.2 Å². The standard InChI is InChI=1S/C15H19ClFN5/c1-3-11(8-12-4-6-18-7-5-12)9-19-15-21-13(10(2)17)20-14(16)22-15/h4-7,10-11H,3,8-9H2,1-2H3,(H,19,20,21,22). The van der Waals surface area contributed by atoms with Gasteiger partial charge in [-0.3, -0.25) is 4.98 Å². The minimum atomic E-state index is -1.28. The van der Waals surface area contributed by atoms with Crippen molar-refractivity contribution in [3.05, 3.63) is 41.2 Å². The molecular weight excluding hydrogens is 305 g/mol. The molecular formula is C15H19ClFN5. The fourth-order valence-corrected chi connectivity index (χ4v) is 2.24. The zero-order valence-corrected chi connectivity index (χ0v) is 13.4. The number of rotatable bonds is 7. The highest BCUT2D eigenvalue weighted by Crippen LogP contribution is 2.16. The molecule has 2 aromatic rings. The van der Waals surface area contributed by atoms with E-state index in [-0.39, 0.29) is 11.1 Å². The van der Waals surface area contributed by atoms with Gasteiger partial charge in [0.25, 0.3) is 0 Å². The van der Waals surface area contributed by atoms with Crippen LogP contribution in [-0.4, -0.2) is 26.5 Å². The Morgan fingerprint density at radius 3 is 2.59 bits per heavy atom. The molecule has 22 heavy (non-hydrogen) atoms. The molecule has 0 radical (unpaired) electrons. The van der Waals surface area contributed by atoms with Crippen LogP contribution in [0.15, 0.2) is 24.5 Å². The minimum Gasteiger partial charge on any atom is -0.354 e. The molecule has 0 bridgehead atoms. The van der Waals surface area contributed by atoms with Crippen molar-refractivity contribution in [1.29, 1.82) is 0 Å². The number of alkyl halides is 1. The van der Waals surface area contributed by atoms with Gasteiger partial charge in [0.15, 0.2) is 12.0 Å². The van der Waals surface area contributed by atoms with Gasteiger partial charge in [-0.25, -0.2) is 4.39 Å². The largest absolute Gasteiger partial charge is 0.354 e. The number of hydrogen-bond acceptors (Lipinski definition) is 5. The van der Waals surface area contributed by atoms with Gasteiger partial charge in [-0.1, -0.05) is 13.3 Å². The summed E-state index contributed by atoms with van der Waals surface area (Å²) in [7, 11) is 0. The molecule has 0 spiro atoms. The van der Waals surface area contributed by atoms with Crippen LogP contribution in [0.1, 0.15) is 37.8 Å². The second-order valence-electron chi connectivity index (χ2n) is 5.12. The Morgan fingerprint density at radius 2 is 1.95 bits per heavy atom. The zero-order chi connectivity index (χ0) is 15.9. The monoisotopic (exact) mass is 323 g/mol. The number of nitrogens with one attached hydrogen (secondary N) is 1. The van der Waals surface area contributed by atoms with E-state index in [1.807, 2.05) is 12.1 Å². The molecule has 7 heteroatoms. The molecule has 0 aromatic carbocycles. The molecule has 2 heterocycles. The Balaban J connectivity index is 1.98. The van der Waals surface area contributed by atoms with Crippen molar-refractivity contribution in [2.45, 2.75) is 32.9 Å². The fourth-order valence-electron chi connectivity index (χ4n) is 2.07. The zero-order valence-electron chi connectivity index (χ0n) is 12.6. The second-order valence-corrected chi connectivity index (χ2v) is 5.46. The first-order valence-corrected chi connectivity index (χ1v) is 7.64. The molecule has 2 atom stereocenters. The molecule has 0 fully saturated rings. The molecule has 0 saturated heterocycles. The number of hydrogen-bond donors (Lipinski definition) is 1. The number of nitrogens with zero attached hydrogens (tertiary/aromatic N) is 4. The van der Waals surface area contributed by atoms with E-state index in [0.717, 1.165) is 12.8 Å². The Kier molecular flexibility index (Phi) is 6.00. The molecule has 118 valence electrons. The van der Waals surface area contributed by atoms with Gasteiger partial charge in [-0.2, -0.15) is 15.0 Å². The number of anilines is 1. The summed E-state index contributed by atoms with van der Waals surface area (Å²) in [6.07, 6.45) is 4.23. The van der Waals surface area contributed by atoms with E-state index in [1.165, 1.54) is 12.5 Å². The van der Waals surface area contributed by atoms with Crippen molar-refractivity contribution >= 4 is 17.5 Å². The lowest BCUT2D eigenvalue weighted by Crippen LogP contribution is -2.18. The summed E-state index contributed by atoms with van der Waals surface area (Å²) in [5.74, 6) is 0.765. The van der Waals surface area contributed by atoms with E-state index < -0.39 is 6.17 Å². The third-order valence-electron chi connectivity index (χ3n) is 3.38. The fraction of sp³-hybridized carbons (Fsp3) is 0.467. The molecule has 0 aliphatic carbocycles. The first-order valence-electron chi connectivity index (χ1n) is 7.26. The number of aromatic nitrogens is 4. The summed E-state index contributed by atoms with van der Waals surface area (Å²) in [5.41, 5.74) is 1.23. The van der Waals surface area contributed by atoms with Crippen molar-refractivity contribution in [3.63, 3.8) is 0 Å². The normalized spacial score (nSPS) is 13.6. The van der Waals surface area contributed by atoms with Crippen LogP contribution < -0.4 is 5.32 Å². The number of pyridine rings is 1. The van der Waals surface area contributed by atoms with Crippen LogP contribution in [0.5, 0.6) is 0 Å². The predicted molar refractivity (Wildman–Crippen MR) is 84.6 cm³/mol. The molecule has 0 aliphatic rings. The van der Waals surface area contributed by atoms with Gasteiger partial charge in [0, 0.05) is 18.9 Å². The van der Waals surface area contributed by atoms with E-state index in [9.17, 15) is 4.39 Å². The molecule has 5 nitrogen and oxygen atoms in total. The molecule has 0 aliphatic heterocycles. The van der Waals surface area contributed by atoms with E-state index in [0.29, 0.717) is 18.4 Å². The van der Waals surface area contributed by atoms with Gasteiger partial charge in [0.2, 0.25) is 11.2 Å². The summed E-state index contributed by atoms with van der Waals surface area (Å²) in [5, 5.41) is 3.12. The van der Waals surface area contributed by atoms with Crippen molar-refractivity contribution < 1.29 is 4.39 Å². The highest BCUT2D eigenvalue weighted by atomic mass is 35.5. The third-order valence-corrected chi connectivity index (χ3v) is 3.55. The van der Waals surface area contributed by atoms with Crippen LogP contribution in [0.4, 0.5) is 10.3 Å². The topological polar surface area (TPSA) is 63.6 Å². The average molecular weight is 324 g/mol. The summed E-state index contributed by atoms with van der Waals surface area (Å²) < 4.78 is 13.3. The quantitative estimate of drug-likeness (QED) is 0.843. The number of halogens is 2. The maximum absolute atomic E-state index is 13.3. The van der Waals surface area contributed by atoms with Gasteiger partial charge in [-0.15, -0.1) is 0 Å². The smallest absolute Gasteiger partial charge is 0.227 e. The van der Waals surface area contributed by atoms with Crippen LogP contribution in [0.2, 0.25) is 5.28 Å². The maximum Gasteiger partial charge on any atom is 0.227 e. The lowest BCUT2D eigenvalue weighted by molar-refractivity contribution is 0.355. The molecule has 0 amide bonds. The summed E-state index contributed by atoms with van der Waals surface area (Å²) in [6.45, 7) is 4.18. The highest BCUT2D eigenvalue weighted by Gasteiger charge is 2.13. The molecule has 2 rings (SSSR count). The first-order chi connectivity index (χ1) is 10.6. The van der Waals surface area contributed by atoms with Crippen molar-refractivity contribution in [1.82, 2.24) is 19.9 Å². The van der Waals surface area contributed by atoms with Crippen LogP contribution in [-0.2, 0) is 6.42 Å². The second kappa shape index (κ2) is 7.98. The summed E-state index contributed by atoms with van der Waals surface area (Å²) >= 11 is 5.80. The van der Waals surface area contributed by atoms with E-state index in [1.54, 1.807) is 12.4 Å².